The van der Waals surface area contributed by atoms with Gasteiger partial charge in [-0.15, -0.1) is 12.4 Å². The number of nitrogens with two attached hydrogens (primary N) is 1. The molecular weight excluding hydrogens is 360 g/mol. The number of carbonyl (C=O) groups excluding carboxylic acids is 1. The van der Waals surface area contributed by atoms with E-state index in [0.29, 0.717) is 26.4 Å². The minimum atomic E-state index is -1.07. The first-order valence-electron chi connectivity index (χ1n) is 6.52. The van der Waals surface area contributed by atoms with Gasteiger partial charge in [-0.1, -0.05) is 28.1 Å². The fourth-order valence-electron chi connectivity index (χ4n) is 1.97. The Bertz CT molecular complexity index is 462. The summed E-state index contributed by atoms with van der Waals surface area (Å²) in [5.41, 5.74) is 5.84. The van der Waals surface area contributed by atoms with E-state index in [1.807, 2.05) is 24.3 Å². The molecule has 1 aromatic carbocycles. The second-order valence-corrected chi connectivity index (χ2v) is 5.90. The molecular formula is C14H20BrClN2O3. The third-order valence-electron chi connectivity index (χ3n) is 3.29. The summed E-state index contributed by atoms with van der Waals surface area (Å²) in [7, 11) is 0. The number of hydrogen-bond acceptors (Lipinski definition) is 4. The Balaban J connectivity index is 0.00000220. The number of ether oxygens (including phenoxy) is 2. The van der Waals surface area contributed by atoms with Crippen molar-refractivity contribution in [2.75, 3.05) is 26.4 Å². The summed E-state index contributed by atoms with van der Waals surface area (Å²) in [6.07, 6.45) is -0.103. The van der Waals surface area contributed by atoms with Crippen LogP contribution in [0.25, 0.3) is 0 Å². The number of nitrogens with one attached hydrogen (secondary N) is 1. The van der Waals surface area contributed by atoms with Crippen LogP contribution in [0.1, 0.15) is 12.5 Å². The summed E-state index contributed by atoms with van der Waals surface area (Å²) in [5.74, 6) is -0.228. The number of amides is 1. The monoisotopic (exact) mass is 378 g/mol. The molecule has 0 aromatic heterocycles. The smallest absolute Gasteiger partial charge is 0.244 e. The van der Waals surface area contributed by atoms with E-state index >= 15 is 0 Å². The molecule has 1 amide bonds. The van der Waals surface area contributed by atoms with Crippen molar-refractivity contribution < 1.29 is 14.3 Å². The molecule has 0 saturated carbocycles. The fraction of sp³-hybridized carbons (Fsp3) is 0.500. The zero-order valence-corrected chi connectivity index (χ0v) is 14.2. The molecule has 0 aliphatic carbocycles. The number of rotatable bonds is 4. The molecule has 1 aliphatic rings. The Morgan fingerprint density at radius 1 is 1.43 bits per heavy atom. The lowest BCUT2D eigenvalue weighted by molar-refractivity contribution is -0.128. The first-order chi connectivity index (χ1) is 9.50. The largest absolute Gasteiger partial charge is 0.376 e. The Morgan fingerprint density at radius 2 is 2.10 bits per heavy atom. The molecule has 1 aliphatic heterocycles. The Kier molecular flexibility index (Phi) is 7.09. The van der Waals surface area contributed by atoms with Crippen molar-refractivity contribution >= 4 is 34.2 Å². The highest BCUT2D eigenvalue weighted by atomic mass is 79.9. The van der Waals surface area contributed by atoms with Crippen LogP contribution < -0.4 is 11.1 Å². The molecule has 21 heavy (non-hydrogen) atoms. The maximum atomic E-state index is 12.2. The predicted molar refractivity (Wildman–Crippen MR) is 86.5 cm³/mol. The van der Waals surface area contributed by atoms with Gasteiger partial charge < -0.3 is 20.5 Å². The topological polar surface area (TPSA) is 73.6 Å². The lowest BCUT2D eigenvalue weighted by Crippen LogP contribution is -2.51. The van der Waals surface area contributed by atoms with E-state index in [1.165, 1.54) is 0 Å². The maximum absolute atomic E-state index is 12.2. The molecule has 118 valence electrons. The van der Waals surface area contributed by atoms with Gasteiger partial charge in [0.15, 0.2) is 0 Å². The van der Waals surface area contributed by atoms with Gasteiger partial charge >= 0.3 is 0 Å². The second-order valence-electron chi connectivity index (χ2n) is 4.99. The molecule has 7 heteroatoms. The molecule has 3 N–H and O–H groups in total. The molecule has 2 atom stereocenters. The maximum Gasteiger partial charge on any atom is 0.244 e. The number of halogens is 2. The lowest BCUT2D eigenvalue weighted by atomic mass is 9.92. The van der Waals surface area contributed by atoms with Crippen molar-refractivity contribution in [2.24, 2.45) is 5.73 Å². The van der Waals surface area contributed by atoms with Gasteiger partial charge in [0.05, 0.1) is 25.9 Å². The second kappa shape index (κ2) is 8.10. The van der Waals surface area contributed by atoms with Crippen LogP contribution in [0.5, 0.6) is 0 Å². The van der Waals surface area contributed by atoms with Gasteiger partial charge in [-0.3, -0.25) is 4.79 Å². The van der Waals surface area contributed by atoms with E-state index in [2.05, 4.69) is 21.2 Å². The molecule has 2 rings (SSSR count). The predicted octanol–water partition coefficient (Wildman–Crippen LogP) is 1.58. The van der Waals surface area contributed by atoms with E-state index in [0.717, 1.165) is 10.0 Å². The molecule has 1 heterocycles. The highest BCUT2D eigenvalue weighted by Crippen LogP contribution is 2.20. The third-order valence-corrected chi connectivity index (χ3v) is 3.82. The SMILES string of the molecule is CC(N)(C(=O)NCC1COCCO1)c1ccc(Br)cc1.Cl. The zero-order chi connectivity index (χ0) is 14.6. The summed E-state index contributed by atoms with van der Waals surface area (Å²) in [6, 6.07) is 7.41. The van der Waals surface area contributed by atoms with E-state index in [-0.39, 0.29) is 24.4 Å². The van der Waals surface area contributed by atoms with Gasteiger partial charge in [0.1, 0.15) is 5.54 Å². The molecule has 2 unspecified atom stereocenters. The highest BCUT2D eigenvalue weighted by molar-refractivity contribution is 9.10. The lowest BCUT2D eigenvalue weighted by Gasteiger charge is -2.27. The van der Waals surface area contributed by atoms with Gasteiger partial charge in [-0.05, 0) is 24.6 Å². The summed E-state index contributed by atoms with van der Waals surface area (Å²) in [5, 5.41) is 2.83. The van der Waals surface area contributed by atoms with Crippen LogP contribution in [0.2, 0.25) is 0 Å². The van der Waals surface area contributed by atoms with Crippen molar-refractivity contribution in [1.29, 1.82) is 0 Å². The van der Waals surface area contributed by atoms with E-state index in [9.17, 15) is 4.79 Å². The van der Waals surface area contributed by atoms with Gasteiger partial charge in [0.2, 0.25) is 5.91 Å². The van der Waals surface area contributed by atoms with Crippen molar-refractivity contribution in [3.05, 3.63) is 34.3 Å². The Labute approximate surface area is 139 Å². The molecule has 0 bridgehead atoms. The Morgan fingerprint density at radius 3 is 2.67 bits per heavy atom. The average Bonchev–Trinajstić information content (AvgIpc) is 2.46. The van der Waals surface area contributed by atoms with Crippen molar-refractivity contribution in [2.45, 2.75) is 18.6 Å². The van der Waals surface area contributed by atoms with E-state index in [4.69, 9.17) is 15.2 Å². The number of carbonyl (C=O) groups is 1. The number of hydrogen-bond donors (Lipinski definition) is 2. The van der Waals surface area contributed by atoms with Crippen LogP contribution in [0.15, 0.2) is 28.7 Å². The van der Waals surface area contributed by atoms with Crippen LogP contribution in [-0.4, -0.2) is 38.4 Å². The van der Waals surface area contributed by atoms with Crippen LogP contribution in [0, 0.1) is 0 Å². The van der Waals surface area contributed by atoms with Crippen LogP contribution in [-0.2, 0) is 19.8 Å². The van der Waals surface area contributed by atoms with Crippen LogP contribution in [0.4, 0.5) is 0 Å². The van der Waals surface area contributed by atoms with Gasteiger partial charge in [-0.25, -0.2) is 0 Å². The minimum absolute atomic E-state index is 0. The van der Waals surface area contributed by atoms with Crippen molar-refractivity contribution in [1.82, 2.24) is 5.32 Å². The molecule has 1 aromatic rings. The highest BCUT2D eigenvalue weighted by Gasteiger charge is 2.31. The molecule has 1 saturated heterocycles. The molecule has 1 fully saturated rings. The normalized spacial score (nSPS) is 21.0. The van der Waals surface area contributed by atoms with Crippen LogP contribution >= 0.6 is 28.3 Å². The van der Waals surface area contributed by atoms with E-state index in [1.54, 1.807) is 6.92 Å². The first kappa shape index (κ1) is 18.4. The van der Waals surface area contributed by atoms with Gasteiger partial charge in [0, 0.05) is 11.0 Å². The standard InChI is InChI=1S/C14H19BrN2O3.ClH/c1-14(16,10-2-4-11(15)5-3-10)13(18)17-8-12-9-19-6-7-20-12;/h2-5,12H,6-9,16H2,1H3,(H,17,18);1H. The Hall–Kier alpha value is -0.660. The first-order valence-corrected chi connectivity index (χ1v) is 7.32. The summed E-state index contributed by atoms with van der Waals surface area (Å²) >= 11 is 3.36. The summed E-state index contributed by atoms with van der Waals surface area (Å²) in [6.45, 7) is 3.77. The molecule has 0 spiro atoms. The summed E-state index contributed by atoms with van der Waals surface area (Å²) in [4.78, 5) is 12.2. The zero-order valence-electron chi connectivity index (χ0n) is 11.8. The summed E-state index contributed by atoms with van der Waals surface area (Å²) < 4.78 is 11.7. The molecule has 5 nitrogen and oxygen atoms in total. The molecule has 0 radical (unpaired) electrons. The number of benzene rings is 1. The van der Waals surface area contributed by atoms with Gasteiger partial charge in [0.25, 0.3) is 0 Å². The quantitative estimate of drug-likeness (QED) is 0.833. The third kappa shape index (κ3) is 4.93. The van der Waals surface area contributed by atoms with Crippen LogP contribution in [0.3, 0.4) is 0 Å². The van der Waals surface area contributed by atoms with Crippen molar-refractivity contribution in [3.63, 3.8) is 0 Å². The van der Waals surface area contributed by atoms with Gasteiger partial charge in [-0.2, -0.15) is 0 Å². The fourth-order valence-corrected chi connectivity index (χ4v) is 2.24. The minimum Gasteiger partial charge on any atom is -0.376 e. The average molecular weight is 380 g/mol. The van der Waals surface area contributed by atoms with E-state index < -0.39 is 5.54 Å². The van der Waals surface area contributed by atoms with Crippen molar-refractivity contribution in [3.8, 4) is 0 Å².